The molecule has 2 amide bonds. The standard InChI is InChI=1S/C11H13ClN2O3/c1-17-9-4-2-8(3-5-9)6-10(15)13-14-11(16)7-12/h2-5H,6-7H2,1H3,(H,13,15)(H,14,16). The van der Waals surface area contributed by atoms with Crippen molar-refractivity contribution in [3.8, 4) is 5.75 Å². The lowest BCUT2D eigenvalue weighted by atomic mass is 10.1. The van der Waals surface area contributed by atoms with E-state index in [1.54, 1.807) is 31.4 Å². The third-order valence-corrected chi connectivity index (χ3v) is 2.23. The molecule has 1 aromatic carbocycles. The number of hydrogen-bond acceptors (Lipinski definition) is 3. The van der Waals surface area contributed by atoms with Gasteiger partial charge in [0.05, 0.1) is 13.5 Å². The molecule has 0 heterocycles. The van der Waals surface area contributed by atoms with Crippen LogP contribution in [-0.4, -0.2) is 24.8 Å². The summed E-state index contributed by atoms with van der Waals surface area (Å²) in [4.78, 5) is 22.2. The molecule has 17 heavy (non-hydrogen) atoms. The molecule has 0 radical (unpaired) electrons. The molecule has 0 spiro atoms. The monoisotopic (exact) mass is 256 g/mol. The van der Waals surface area contributed by atoms with Crippen LogP contribution in [0, 0.1) is 0 Å². The molecular formula is C11H13ClN2O3. The van der Waals surface area contributed by atoms with Crippen molar-refractivity contribution in [2.75, 3.05) is 13.0 Å². The minimum absolute atomic E-state index is 0.173. The molecule has 1 aromatic rings. The molecule has 0 aliphatic heterocycles. The molecule has 0 atom stereocenters. The van der Waals surface area contributed by atoms with Gasteiger partial charge in [-0.15, -0.1) is 11.6 Å². The third-order valence-electron chi connectivity index (χ3n) is 1.99. The topological polar surface area (TPSA) is 67.4 Å². The Kier molecular flexibility index (Phi) is 5.29. The number of ether oxygens (including phenoxy) is 1. The van der Waals surface area contributed by atoms with Crippen molar-refractivity contribution in [3.63, 3.8) is 0 Å². The normalized spacial score (nSPS) is 9.53. The Hall–Kier alpha value is -1.75. The van der Waals surface area contributed by atoms with E-state index in [-0.39, 0.29) is 18.2 Å². The average molecular weight is 257 g/mol. The van der Waals surface area contributed by atoms with E-state index in [9.17, 15) is 9.59 Å². The second-order valence-corrected chi connectivity index (χ2v) is 3.52. The van der Waals surface area contributed by atoms with Gasteiger partial charge in [0, 0.05) is 0 Å². The summed E-state index contributed by atoms with van der Waals surface area (Å²) in [5.74, 6) is -0.226. The van der Waals surface area contributed by atoms with E-state index in [0.29, 0.717) is 0 Å². The van der Waals surface area contributed by atoms with Crippen LogP contribution >= 0.6 is 11.6 Å². The first-order valence-corrected chi connectivity index (χ1v) is 5.45. The fourth-order valence-electron chi connectivity index (χ4n) is 1.15. The lowest BCUT2D eigenvalue weighted by molar-refractivity contribution is -0.127. The van der Waals surface area contributed by atoms with E-state index in [0.717, 1.165) is 11.3 Å². The molecule has 0 aliphatic rings. The molecule has 0 fully saturated rings. The Bertz CT molecular complexity index is 392. The number of hydrazine groups is 1. The molecule has 2 N–H and O–H groups in total. The van der Waals surface area contributed by atoms with Crippen molar-refractivity contribution in [2.45, 2.75) is 6.42 Å². The van der Waals surface area contributed by atoms with E-state index in [4.69, 9.17) is 16.3 Å². The fraction of sp³-hybridized carbons (Fsp3) is 0.273. The maximum atomic E-state index is 11.4. The number of carbonyl (C=O) groups is 2. The van der Waals surface area contributed by atoms with Crippen molar-refractivity contribution in [3.05, 3.63) is 29.8 Å². The molecule has 0 bridgehead atoms. The van der Waals surface area contributed by atoms with Crippen molar-refractivity contribution in [2.24, 2.45) is 0 Å². The van der Waals surface area contributed by atoms with Crippen LogP contribution in [0.4, 0.5) is 0 Å². The zero-order valence-electron chi connectivity index (χ0n) is 9.33. The SMILES string of the molecule is COc1ccc(CC(=O)NNC(=O)CCl)cc1. The summed E-state index contributed by atoms with van der Waals surface area (Å²) in [6, 6.07) is 7.09. The summed E-state index contributed by atoms with van der Waals surface area (Å²) in [6.07, 6.45) is 0.173. The highest BCUT2D eigenvalue weighted by atomic mass is 35.5. The van der Waals surface area contributed by atoms with Gasteiger partial charge in [0.25, 0.3) is 5.91 Å². The number of methoxy groups -OCH3 is 1. The molecule has 6 heteroatoms. The maximum Gasteiger partial charge on any atom is 0.253 e. The van der Waals surface area contributed by atoms with E-state index < -0.39 is 5.91 Å². The third kappa shape index (κ3) is 4.74. The maximum absolute atomic E-state index is 11.4. The Morgan fingerprint density at radius 1 is 1.18 bits per heavy atom. The second kappa shape index (κ2) is 6.75. The molecule has 0 unspecified atom stereocenters. The van der Waals surface area contributed by atoms with Crippen molar-refractivity contribution < 1.29 is 14.3 Å². The molecule has 92 valence electrons. The van der Waals surface area contributed by atoms with Crippen molar-refractivity contribution >= 4 is 23.4 Å². The highest BCUT2D eigenvalue weighted by molar-refractivity contribution is 6.27. The predicted octanol–water partition coefficient (Wildman–Crippen LogP) is 0.624. The Labute approximate surface area is 104 Å². The minimum atomic E-state index is -0.449. The summed E-state index contributed by atoms with van der Waals surface area (Å²) in [6.45, 7) is 0. The summed E-state index contributed by atoms with van der Waals surface area (Å²) < 4.78 is 5.00. The van der Waals surface area contributed by atoms with E-state index in [1.165, 1.54) is 0 Å². The van der Waals surface area contributed by atoms with Crippen LogP contribution in [0.15, 0.2) is 24.3 Å². The van der Waals surface area contributed by atoms with Crippen molar-refractivity contribution in [1.82, 2.24) is 10.9 Å². The Morgan fingerprint density at radius 3 is 2.29 bits per heavy atom. The highest BCUT2D eigenvalue weighted by Crippen LogP contribution is 2.11. The number of amides is 2. The number of benzene rings is 1. The van der Waals surface area contributed by atoms with Crippen LogP contribution in [0.25, 0.3) is 0 Å². The van der Waals surface area contributed by atoms with Gasteiger partial charge in [-0.2, -0.15) is 0 Å². The summed E-state index contributed by atoms with van der Waals surface area (Å²) in [7, 11) is 1.57. The first-order valence-electron chi connectivity index (χ1n) is 4.92. The van der Waals surface area contributed by atoms with E-state index in [2.05, 4.69) is 10.9 Å². The van der Waals surface area contributed by atoms with Crippen LogP contribution in [-0.2, 0) is 16.0 Å². The highest BCUT2D eigenvalue weighted by Gasteiger charge is 2.04. The van der Waals surface area contributed by atoms with Gasteiger partial charge in [0.15, 0.2) is 0 Å². The Morgan fingerprint density at radius 2 is 1.76 bits per heavy atom. The van der Waals surface area contributed by atoms with Crippen LogP contribution < -0.4 is 15.6 Å². The number of alkyl halides is 1. The van der Waals surface area contributed by atoms with Crippen LogP contribution in [0.5, 0.6) is 5.75 Å². The summed E-state index contributed by atoms with van der Waals surface area (Å²) in [5.41, 5.74) is 5.26. The van der Waals surface area contributed by atoms with Crippen LogP contribution in [0.2, 0.25) is 0 Å². The van der Waals surface area contributed by atoms with Gasteiger partial charge in [-0.25, -0.2) is 0 Å². The largest absolute Gasteiger partial charge is 0.497 e. The molecular weight excluding hydrogens is 244 g/mol. The molecule has 5 nitrogen and oxygen atoms in total. The number of rotatable bonds is 4. The van der Waals surface area contributed by atoms with Crippen molar-refractivity contribution in [1.29, 1.82) is 0 Å². The number of carbonyl (C=O) groups excluding carboxylic acids is 2. The molecule has 0 saturated heterocycles. The number of halogens is 1. The van der Waals surface area contributed by atoms with Crippen LogP contribution in [0.3, 0.4) is 0 Å². The van der Waals surface area contributed by atoms with Gasteiger partial charge in [-0.05, 0) is 17.7 Å². The second-order valence-electron chi connectivity index (χ2n) is 3.25. The van der Waals surface area contributed by atoms with Gasteiger partial charge in [0.2, 0.25) is 5.91 Å². The fourth-order valence-corrected chi connectivity index (χ4v) is 1.21. The molecule has 1 rings (SSSR count). The van der Waals surface area contributed by atoms with Gasteiger partial charge >= 0.3 is 0 Å². The smallest absolute Gasteiger partial charge is 0.253 e. The van der Waals surface area contributed by atoms with Gasteiger partial charge in [-0.1, -0.05) is 12.1 Å². The quantitative estimate of drug-likeness (QED) is 0.613. The molecule has 0 aliphatic carbocycles. The lowest BCUT2D eigenvalue weighted by Gasteiger charge is -2.06. The zero-order chi connectivity index (χ0) is 12.7. The number of nitrogens with one attached hydrogen (secondary N) is 2. The van der Waals surface area contributed by atoms with Crippen LogP contribution in [0.1, 0.15) is 5.56 Å². The molecule has 0 saturated carbocycles. The number of hydrogen-bond donors (Lipinski definition) is 2. The first kappa shape index (κ1) is 13.3. The van der Waals surface area contributed by atoms with Gasteiger partial charge in [0.1, 0.15) is 11.6 Å². The minimum Gasteiger partial charge on any atom is -0.497 e. The summed E-state index contributed by atoms with van der Waals surface area (Å²) >= 11 is 5.25. The Balaban J connectivity index is 2.42. The predicted molar refractivity (Wildman–Crippen MR) is 63.7 cm³/mol. The van der Waals surface area contributed by atoms with Gasteiger partial charge in [-0.3, -0.25) is 20.4 Å². The first-order chi connectivity index (χ1) is 8.15. The van der Waals surface area contributed by atoms with Gasteiger partial charge < -0.3 is 4.74 Å². The zero-order valence-corrected chi connectivity index (χ0v) is 10.1. The van der Waals surface area contributed by atoms with E-state index >= 15 is 0 Å². The van der Waals surface area contributed by atoms with E-state index in [1.807, 2.05) is 0 Å². The lowest BCUT2D eigenvalue weighted by Crippen LogP contribution is -2.42. The average Bonchev–Trinajstić information content (AvgIpc) is 2.36. The molecule has 0 aromatic heterocycles. The summed E-state index contributed by atoms with van der Waals surface area (Å²) in [5, 5.41) is 0.